The van der Waals surface area contributed by atoms with E-state index in [9.17, 15) is 9.59 Å². The maximum absolute atomic E-state index is 12.2. The predicted molar refractivity (Wildman–Crippen MR) is 192 cm³/mol. The van der Waals surface area contributed by atoms with Crippen LogP contribution in [0.3, 0.4) is 0 Å². The monoisotopic (exact) mass is 660 g/mol. The van der Waals surface area contributed by atoms with E-state index in [1.54, 1.807) is 0 Å². The van der Waals surface area contributed by atoms with Gasteiger partial charge in [-0.3, -0.25) is 14.6 Å². The van der Waals surface area contributed by atoms with E-state index >= 15 is 0 Å². The van der Waals surface area contributed by atoms with E-state index in [0.717, 1.165) is 48.3 Å². The van der Waals surface area contributed by atoms with Gasteiger partial charge < -0.3 is 14.2 Å². The van der Waals surface area contributed by atoms with Gasteiger partial charge in [-0.2, -0.15) is 0 Å². The molecule has 4 aliphatic rings. The molecular formula is C41H60N2O5. The highest BCUT2D eigenvalue weighted by Gasteiger charge is 2.38. The molecule has 0 bridgehead atoms. The molecule has 2 saturated heterocycles. The Kier molecular flexibility index (Phi) is 11.9. The molecule has 2 aliphatic heterocycles. The van der Waals surface area contributed by atoms with Crippen LogP contribution in [0.15, 0.2) is 24.3 Å². The molecule has 0 radical (unpaired) electrons. The standard InChI is InChI=1S/C22H33NO3.C19H27NO2/c1-6-11-23-12-7-8-17-13-18-16(14-19(17)23)10-9-15(2)20(18)25-21(24)26-22(3,4)5;1-4-9-20-10-5-6-16-11-17-15(12-18(16)20)8-7-13(2)19(17)22-14(3)21/h9-10,17,19H,6-8,11-14H2,1-5H3;7-8,16,18H,4-6,9-12H2,1-3H3/t17-,19-;16-,18-/m11/s1. The molecule has 0 spiro atoms. The molecule has 7 heteroatoms. The number of rotatable bonds is 6. The zero-order valence-electron chi connectivity index (χ0n) is 31.0. The number of carbonyl (C=O) groups is 2. The lowest BCUT2D eigenvalue weighted by atomic mass is 9.74. The molecule has 2 aromatic rings. The summed E-state index contributed by atoms with van der Waals surface area (Å²) in [5.41, 5.74) is 6.76. The molecule has 0 aromatic heterocycles. The molecule has 0 unspecified atom stereocenters. The maximum atomic E-state index is 12.2. The first-order chi connectivity index (χ1) is 22.9. The molecule has 0 amide bonds. The van der Waals surface area contributed by atoms with Crippen LogP contribution < -0.4 is 9.47 Å². The molecule has 7 nitrogen and oxygen atoms in total. The van der Waals surface area contributed by atoms with Gasteiger partial charge in [-0.1, -0.05) is 38.1 Å². The molecule has 2 heterocycles. The average molecular weight is 661 g/mol. The zero-order valence-corrected chi connectivity index (χ0v) is 31.0. The van der Waals surface area contributed by atoms with Crippen LogP contribution in [0, 0.1) is 25.7 Å². The molecule has 2 fully saturated rings. The number of benzene rings is 2. The van der Waals surface area contributed by atoms with Crippen LogP contribution in [0.5, 0.6) is 11.5 Å². The quantitative estimate of drug-likeness (QED) is 0.175. The summed E-state index contributed by atoms with van der Waals surface area (Å²) >= 11 is 0. The summed E-state index contributed by atoms with van der Waals surface area (Å²) in [4.78, 5) is 29.0. The van der Waals surface area contributed by atoms with Crippen molar-refractivity contribution in [2.45, 2.75) is 137 Å². The summed E-state index contributed by atoms with van der Waals surface area (Å²) in [6.07, 6.45) is 11.2. The summed E-state index contributed by atoms with van der Waals surface area (Å²) in [5.74, 6) is 2.71. The number of hydrogen-bond acceptors (Lipinski definition) is 7. The SMILES string of the molecule is CCCN1CCC[C@@H]2Cc3c(ccc(C)c3OC(=O)OC(C)(C)C)C[C@H]21.CCCN1CCC[C@@H]2Cc3c(ccc(C)c3OC(C)=O)C[C@H]21. The van der Waals surface area contributed by atoms with Gasteiger partial charge in [0.1, 0.15) is 17.1 Å². The lowest BCUT2D eigenvalue weighted by Gasteiger charge is -2.45. The van der Waals surface area contributed by atoms with Crippen molar-refractivity contribution in [3.05, 3.63) is 57.6 Å². The molecule has 0 saturated carbocycles. The average Bonchev–Trinajstić information content (AvgIpc) is 3.02. The smallest absolute Gasteiger partial charge is 0.428 e. The third-order valence-corrected chi connectivity index (χ3v) is 10.8. The summed E-state index contributed by atoms with van der Waals surface area (Å²) < 4.78 is 16.6. The highest BCUT2D eigenvalue weighted by molar-refractivity contribution is 5.71. The molecule has 2 aliphatic carbocycles. The van der Waals surface area contributed by atoms with Crippen LogP contribution >= 0.6 is 0 Å². The van der Waals surface area contributed by atoms with Crippen molar-refractivity contribution in [1.82, 2.24) is 9.80 Å². The third-order valence-electron chi connectivity index (χ3n) is 10.8. The largest absolute Gasteiger partial charge is 0.514 e. The highest BCUT2D eigenvalue weighted by atomic mass is 16.7. The molecule has 264 valence electrons. The number of ether oxygens (including phenoxy) is 3. The van der Waals surface area contributed by atoms with Crippen LogP contribution in [-0.2, 0) is 35.2 Å². The molecule has 0 N–H and O–H groups in total. The number of piperidine rings is 2. The van der Waals surface area contributed by atoms with Crippen molar-refractivity contribution in [2.75, 3.05) is 26.2 Å². The Hall–Kier alpha value is -2.90. The fourth-order valence-corrected chi connectivity index (χ4v) is 8.78. The Labute approximate surface area is 289 Å². The Bertz CT molecular complexity index is 1440. The first kappa shape index (κ1) is 36.4. The van der Waals surface area contributed by atoms with Gasteiger partial charge in [-0.25, -0.2) is 4.79 Å². The minimum atomic E-state index is -0.604. The molecule has 2 aromatic carbocycles. The Morgan fingerprint density at radius 3 is 1.60 bits per heavy atom. The number of likely N-dealkylation sites (tertiary alicyclic amines) is 2. The fourth-order valence-electron chi connectivity index (χ4n) is 8.78. The van der Waals surface area contributed by atoms with Crippen LogP contribution in [0.4, 0.5) is 4.79 Å². The maximum Gasteiger partial charge on any atom is 0.514 e. The summed E-state index contributed by atoms with van der Waals surface area (Å²) in [7, 11) is 0. The number of fused-ring (bicyclic) bond motifs is 4. The van der Waals surface area contributed by atoms with Gasteiger partial charge in [-0.15, -0.1) is 0 Å². The van der Waals surface area contributed by atoms with Crippen molar-refractivity contribution in [3.63, 3.8) is 0 Å². The first-order valence-corrected chi connectivity index (χ1v) is 18.7. The van der Waals surface area contributed by atoms with E-state index in [-0.39, 0.29) is 5.97 Å². The van der Waals surface area contributed by atoms with Gasteiger partial charge >= 0.3 is 12.1 Å². The number of aryl methyl sites for hydroxylation is 2. The topological polar surface area (TPSA) is 68.3 Å². The van der Waals surface area contributed by atoms with Crippen LogP contribution in [-0.4, -0.2) is 65.8 Å². The van der Waals surface area contributed by atoms with Crippen LogP contribution in [0.2, 0.25) is 0 Å². The van der Waals surface area contributed by atoms with Crippen molar-refractivity contribution in [3.8, 4) is 11.5 Å². The lowest BCUT2D eigenvalue weighted by Crippen LogP contribution is -2.49. The Balaban J connectivity index is 0.000000190. The molecule has 4 atom stereocenters. The van der Waals surface area contributed by atoms with Crippen LogP contribution in [0.1, 0.15) is 113 Å². The number of hydrogen-bond donors (Lipinski definition) is 0. The third kappa shape index (κ3) is 8.63. The second-order valence-electron chi connectivity index (χ2n) is 15.7. The second kappa shape index (κ2) is 15.8. The fraction of sp³-hybridized carbons (Fsp3) is 0.659. The molecule has 48 heavy (non-hydrogen) atoms. The second-order valence-corrected chi connectivity index (χ2v) is 15.7. The van der Waals surface area contributed by atoms with Gasteiger partial charge in [0.05, 0.1) is 0 Å². The van der Waals surface area contributed by atoms with Gasteiger partial charge in [0.15, 0.2) is 0 Å². The minimum absolute atomic E-state index is 0.213. The van der Waals surface area contributed by atoms with E-state index in [2.05, 4.69) is 47.9 Å². The van der Waals surface area contributed by atoms with Gasteiger partial charge in [0.25, 0.3) is 0 Å². The van der Waals surface area contributed by atoms with E-state index in [1.807, 2.05) is 34.6 Å². The summed E-state index contributed by atoms with van der Waals surface area (Å²) in [6.45, 7) is 20.5. The molecular weight excluding hydrogens is 600 g/mol. The van der Waals surface area contributed by atoms with Crippen molar-refractivity contribution in [2.24, 2.45) is 11.8 Å². The Morgan fingerprint density at radius 2 is 1.19 bits per heavy atom. The number of nitrogens with zero attached hydrogens (tertiary/aromatic N) is 2. The van der Waals surface area contributed by atoms with Gasteiger partial charge in [-0.05, 0) is 170 Å². The number of esters is 1. The zero-order chi connectivity index (χ0) is 34.6. The van der Waals surface area contributed by atoms with E-state index in [1.165, 1.54) is 93.9 Å². The lowest BCUT2D eigenvalue weighted by molar-refractivity contribution is -0.132. The minimum Gasteiger partial charge on any atom is -0.428 e. The van der Waals surface area contributed by atoms with Crippen molar-refractivity contribution in [1.29, 1.82) is 0 Å². The highest BCUT2D eigenvalue weighted by Crippen LogP contribution is 2.42. The van der Waals surface area contributed by atoms with Gasteiger partial charge in [0.2, 0.25) is 0 Å². The first-order valence-electron chi connectivity index (χ1n) is 18.7. The summed E-state index contributed by atoms with van der Waals surface area (Å²) in [6, 6.07) is 9.95. The van der Waals surface area contributed by atoms with E-state index in [0.29, 0.717) is 23.9 Å². The van der Waals surface area contributed by atoms with Gasteiger partial charge in [0, 0.05) is 19.0 Å². The number of carbonyl (C=O) groups excluding carboxylic acids is 2. The van der Waals surface area contributed by atoms with Crippen molar-refractivity contribution >= 4 is 12.1 Å². The molecule has 6 rings (SSSR count). The summed E-state index contributed by atoms with van der Waals surface area (Å²) in [5, 5.41) is 0. The van der Waals surface area contributed by atoms with Crippen molar-refractivity contribution < 1.29 is 23.8 Å². The normalized spacial score (nSPS) is 23.8. The Morgan fingerprint density at radius 1 is 0.729 bits per heavy atom. The van der Waals surface area contributed by atoms with Crippen LogP contribution in [0.25, 0.3) is 0 Å². The van der Waals surface area contributed by atoms with E-state index < -0.39 is 11.8 Å². The van der Waals surface area contributed by atoms with E-state index in [4.69, 9.17) is 14.2 Å². The predicted octanol–water partition coefficient (Wildman–Crippen LogP) is 8.41.